The van der Waals surface area contributed by atoms with Crippen molar-refractivity contribution in [2.45, 2.75) is 38.6 Å². The topological polar surface area (TPSA) is 102 Å². The Bertz CT molecular complexity index is 1120. The lowest BCUT2D eigenvalue weighted by Gasteiger charge is -2.19. The van der Waals surface area contributed by atoms with E-state index in [4.69, 9.17) is 4.74 Å². The number of hydrogen-bond acceptors (Lipinski definition) is 6. The van der Waals surface area contributed by atoms with Crippen LogP contribution in [0.3, 0.4) is 0 Å². The molecule has 2 heterocycles. The van der Waals surface area contributed by atoms with Crippen molar-refractivity contribution in [1.82, 2.24) is 5.32 Å². The molecule has 0 spiro atoms. The quantitative estimate of drug-likeness (QED) is 0.711. The maximum Gasteiger partial charge on any atom is 0.256 e. The van der Waals surface area contributed by atoms with E-state index in [0.29, 0.717) is 34.2 Å². The summed E-state index contributed by atoms with van der Waals surface area (Å²) in [6, 6.07) is 6.45. The minimum Gasteiger partial charge on any atom is -0.497 e. The summed E-state index contributed by atoms with van der Waals surface area (Å²) < 4.78 is 28.8. The highest BCUT2D eigenvalue weighted by Gasteiger charge is 2.33. The van der Waals surface area contributed by atoms with E-state index in [0.717, 1.165) is 29.7 Å². The molecule has 2 atom stereocenters. The van der Waals surface area contributed by atoms with Gasteiger partial charge in [0.1, 0.15) is 10.8 Å². The molecule has 0 saturated carbocycles. The molecule has 2 aliphatic rings. The number of carbonyl (C=O) groups is 2. The molecule has 7 nitrogen and oxygen atoms in total. The number of anilines is 1. The lowest BCUT2D eigenvalue weighted by atomic mass is 9.88. The lowest BCUT2D eigenvalue weighted by Crippen LogP contribution is -2.36. The Morgan fingerprint density at radius 1 is 1.19 bits per heavy atom. The number of sulfone groups is 1. The first-order chi connectivity index (χ1) is 14.8. The molecule has 9 heteroatoms. The molecule has 1 fully saturated rings. The molecular formula is C22H26N2O5S2. The number of benzene rings is 1. The highest BCUT2D eigenvalue weighted by atomic mass is 32.2. The minimum absolute atomic E-state index is 0.0341. The van der Waals surface area contributed by atoms with E-state index < -0.39 is 15.9 Å². The number of thiophene rings is 1. The number of hydrogen-bond donors (Lipinski definition) is 2. The molecule has 0 bridgehead atoms. The monoisotopic (exact) mass is 462 g/mol. The average molecular weight is 463 g/mol. The minimum atomic E-state index is -3.10. The second-order valence-electron chi connectivity index (χ2n) is 8.32. The standard InChI is InChI=1S/C22H26N2O5S2/c1-13-6-7-17-18(10-13)30-22(24-20(25)14-4-3-5-16(11-14)29-2)19(17)21(26)23-15-8-9-31(27,28)12-15/h3-5,11,13,15H,6-10,12H2,1-2H3,(H,23,26)(H,24,25)/t13-,15+/m0/s1. The Hall–Kier alpha value is -2.39. The van der Waals surface area contributed by atoms with E-state index in [1.165, 1.54) is 18.4 Å². The van der Waals surface area contributed by atoms with Crippen molar-refractivity contribution >= 4 is 38.0 Å². The van der Waals surface area contributed by atoms with Gasteiger partial charge in [-0.3, -0.25) is 9.59 Å². The van der Waals surface area contributed by atoms with Crippen LogP contribution in [0, 0.1) is 5.92 Å². The molecule has 1 aromatic heterocycles. The van der Waals surface area contributed by atoms with E-state index in [9.17, 15) is 18.0 Å². The normalized spacial score (nSPS) is 21.9. The number of methoxy groups -OCH3 is 1. The van der Waals surface area contributed by atoms with Crippen LogP contribution in [-0.2, 0) is 22.7 Å². The van der Waals surface area contributed by atoms with Crippen LogP contribution < -0.4 is 15.4 Å². The Morgan fingerprint density at radius 3 is 2.71 bits per heavy atom. The van der Waals surface area contributed by atoms with Crippen LogP contribution in [0.4, 0.5) is 5.00 Å². The fraction of sp³-hybridized carbons (Fsp3) is 0.455. The Labute approximate surface area is 186 Å². The molecule has 31 heavy (non-hydrogen) atoms. The third-order valence-electron chi connectivity index (χ3n) is 5.87. The fourth-order valence-corrected chi connectivity index (χ4v) is 7.26. The summed E-state index contributed by atoms with van der Waals surface area (Å²) in [6.45, 7) is 2.18. The number of carbonyl (C=O) groups excluding carboxylic acids is 2. The molecule has 2 N–H and O–H groups in total. The largest absolute Gasteiger partial charge is 0.497 e. The average Bonchev–Trinajstić information content (AvgIpc) is 3.26. The SMILES string of the molecule is COc1cccc(C(=O)Nc2sc3c(c2C(=O)N[C@@H]2CCS(=O)(=O)C2)CC[C@H](C)C3)c1. The van der Waals surface area contributed by atoms with Crippen LogP contribution in [0.5, 0.6) is 5.75 Å². The number of nitrogens with one attached hydrogen (secondary N) is 2. The highest BCUT2D eigenvalue weighted by molar-refractivity contribution is 7.91. The number of rotatable bonds is 5. The fourth-order valence-electron chi connectivity index (χ4n) is 4.19. The van der Waals surface area contributed by atoms with Crippen molar-refractivity contribution in [3.63, 3.8) is 0 Å². The van der Waals surface area contributed by atoms with E-state index in [1.54, 1.807) is 24.3 Å². The van der Waals surface area contributed by atoms with E-state index >= 15 is 0 Å². The zero-order valence-electron chi connectivity index (χ0n) is 17.6. The van der Waals surface area contributed by atoms with Gasteiger partial charge < -0.3 is 15.4 Å². The molecule has 2 aromatic rings. The second-order valence-corrected chi connectivity index (χ2v) is 11.6. The van der Waals surface area contributed by atoms with Gasteiger partial charge in [0, 0.05) is 16.5 Å². The van der Waals surface area contributed by atoms with Crippen molar-refractivity contribution in [1.29, 1.82) is 0 Å². The summed E-state index contributed by atoms with van der Waals surface area (Å²) in [5.41, 5.74) is 1.89. The summed E-state index contributed by atoms with van der Waals surface area (Å²) in [5.74, 6) is 0.527. The van der Waals surface area contributed by atoms with Crippen LogP contribution in [0.25, 0.3) is 0 Å². The maximum atomic E-state index is 13.2. The predicted octanol–water partition coefficient (Wildman–Crippen LogP) is 3.05. The van der Waals surface area contributed by atoms with Crippen LogP contribution in [-0.4, -0.2) is 44.9 Å². The Kier molecular flexibility index (Phi) is 6.07. The number of fused-ring (bicyclic) bond motifs is 1. The van der Waals surface area contributed by atoms with Gasteiger partial charge >= 0.3 is 0 Å². The van der Waals surface area contributed by atoms with Gasteiger partial charge in [-0.05, 0) is 55.4 Å². The molecule has 2 amide bonds. The van der Waals surface area contributed by atoms with Crippen molar-refractivity contribution in [2.75, 3.05) is 23.9 Å². The molecule has 1 saturated heterocycles. The van der Waals surface area contributed by atoms with E-state index in [-0.39, 0.29) is 23.3 Å². The summed E-state index contributed by atoms with van der Waals surface area (Å²) in [4.78, 5) is 27.2. The summed E-state index contributed by atoms with van der Waals surface area (Å²) in [5, 5.41) is 6.32. The molecule has 0 radical (unpaired) electrons. The first-order valence-electron chi connectivity index (χ1n) is 10.4. The highest BCUT2D eigenvalue weighted by Crippen LogP contribution is 2.40. The zero-order chi connectivity index (χ0) is 22.2. The summed E-state index contributed by atoms with van der Waals surface area (Å²) in [6.07, 6.45) is 3.04. The maximum absolute atomic E-state index is 13.2. The van der Waals surface area contributed by atoms with Gasteiger partial charge in [-0.25, -0.2) is 8.42 Å². The van der Waals surface area contributed by atoms with Crippen LogP contribution in [0.2, 0.25) is 0 Å². The van der Waals surface area contributed by atoms with Crippen molar-refractivity contribution in [3.05, 3.63) is 45.8 Å². The molecule has 1 aliphatic carbocycles. The molecule has 4 rings (SSSR count). The van der Waals surface area contributed by atoms with Gasteiger partial charge in [-0.2, -0.15) is 0 Å². The Balaban J connectivity index is 1.62. The molecule has 166 valence electrons. The van der Waals surface area contributed by atoms with Gasteiger partial charge in [-0.1, -0.05) is 13.0 Å². The van der Waals surface area contributed by atoms with Gasteiger partial charge in [0.15, 0.2) is 9.84 Å². The zero-order valence-corrected chi connectivity index (χ0v) is 19.2. The molecule has 1 aromatic carbocycles. The van der Waals surface area contributed by atoms with E-state index in [2.05, 4.69) is 17.6 Å². The van der Waals surface area contributed by atoms with Crippen molar-refractivity contribution in [3.8, 4) is 5.75 Å². The van der Waals surface area contributed by atoms with Gasteiger partial charge in [0.25, 0.3) is 11.8 Å². The Morgan fingerprint density at radius 2 is 2.00 bits per heavy atom. The second kappa shape index (κ2) is 8.63. The first-order valence-corrected chi connectivity index (χ1v) is 13.0. The molecular weight excluding hydrogens is 436 g/mol. The van der Waals surface area contributed by atoms with E-state index in [1.807, 2.05) is 0 Å². The first kappa shape index (κ1) is 21.8. The van der Waals surface area contributed by atoms with Crippen molar-refractivity contribution in [2.24, 2.45) is 5.92 Å². The smallest absolute Gasteiger partial charge is 0.256 e. The van der Waals surface area contributed by atoms with Crippen molar-refractivity contribution < 1.29 is 22.7 Å². The van der Waals surface area contributed by atoms with Gasteiger partial charge in [0.2, 0.25) is 0 Å². The van der Waals surface area contributed by atoms with Crippen LogP contribution in [0.1, 0.15) is 50.9 Å². The third kappa shape index (κ3) is 4.77. The van der Waals surface area contributed by atoms with Crippen LogP contribution >= 0.6 is 11.3 Å². The summed E-state index contributed by atoms with van der Waals surface area (Å²) in [7, 11) is -1.56. The molecule has 1 aliphatic heterocycles. The van der Waals surface area contributed by atoms with Crippen LogP contribution in [0.15, 0.2) is 24.3 Å². The molecule has 0 unspecified atom stereocenters. The van der Waals surface area contributed by atoms with Gasteiger partial charge in [0.05, 0.1) is 24.2 Å². The third-order valence-corrected chi connectivity index (χ3v) is 8.80. The predicted molar refractivity (Wildman–Crippen MR) is 121 cm³/mol. The summed E-state index contributed by atoms with van der Waals surface area (Å²) >= 11 is 1.44. The lowest BCUT2D eigenvalue weighted by molar-refractivity contribution is 0.0941. The number of ether oxygens (including phenoxy) is 1. The van der Waals surface area contributed by atoms with Gasteiger partial charge in [-0.15, -0.1) is 11.3 Å². The number of amides is 2.